The van der Waals surface area contributed by atoms with E-state index in [2.05, 4.69) is 9.97 Å². The molecule has 0 N–H and O–H groups in total. The fourth-order valence-corrected chi connectivity index (χ4v) is 3.10. The summed E-state index contributed by atoms with van der Waals surface area (Å²) < 4.78 is 11.3. The molecule has 0 spiro atoms. The summed E-state index contributed by atoms with van der Waals surface area (Å²) in [5.74, 6) is 1.95. The summed E-state index contributed by atoms with van der Waals surface area (Å²) in [6, 6.07) is 17.3. The van der Waals surface area contributed by atoms with E-state index in [1.807, 2.05) is 54.6 Å². The lowest BCUT2D eigenvalue weighted by molar-refractivity contribution is 0.466. The van der Waals surface area contributed by atoms with Crippen LogP contribution in [0.4, 0.5) is 0 Å². The van der Waals surface area contributed by atoms with E-state index in [-0.39, 0.29) is 0 Å². The van der Waals surface area contributed by atoms with Crippen LogP contribution >= 0.6 is 23.4 Å². The Morgan fingerprint density at radius 3 is 2.56 bits per heavy atom. The summed E-state index contributed by atoms with van der Waals surface area (Å²) in [5, 5.41) is 1.29. The third-order valence-corrected chi connectivity index (χ3v) is 4.66. The number of benzene rings is 2. The molecule has 0 aliphatic carbocycles. The first kappa shape index (κ1) is 16.0. The highest BCUT2D eigenvalue weighted by molar-refractivity contribution is 7.98. The second-order valence-electron chi connectivity index (χ2n) is 5.30. The lowest BCUT2D eigenvalue weighted by atomic mass is 10.2. The number of aromatic nitrogens is 2. The Morgan fingerprint density at radius 1 is 0.960 bits per heavy atom. The zero-order chi connectivity index (χ0) is 17.1. The molecule has 0 aliphatic heterocycles. The van der Waals surface area contributed by atoms with Gasteiger partial charge in [-0.2, -0.15) is 0 Å². The summed E-state index contributed by atoms with van der Waals surface area (Å²) in [7, 11) is 0. The van der Waals surface area contributed by atoms with Gasteiger partial charge in [0.05, 0.1) is 11.9 Å². The molecular formula is C19H13ClN2O2S. The van der Waals surface area contributed by atoms with E-state index >= 15 is 0 Å². The van der Waals surface area contributed by atoms with E-state index in [9.17, 15) is 0 Å². The second kappa shape index (κ2) is 7.17. The highest BCUT2D eigenvalue weighted by atomic mass is 35.5. The Balaban J connectivity index is 1.42. The fraction of sp³-hybridized carbons (Fsp3) is 0.0526. The average molecular weight is 369 g/mol. The number of hydrogen-bond donors (Lipinski definition) is 0. The summed E-state index contributed by atoms with van der Waals surface area (Å²) in [6.07, 6.45) is 3.39. The van der Waals surface area contributed by atoms with Gasteiger partial charge in [0, 0.05) is 21.9 Å². The van der Waals surface area contributed by atoms with Gasteiger partial charge in [0.1, 0.15) is 6.26 Å². The first-order valence-corrected chi connectivity index (χ1v) is 8.99. The third kappa shape index (κ3) is 3.78. The first-order valence-electron chi connectivity index (χ1n) is 7.62. The van der Waals surface area contributed by atoms with Crippen LogP contribution in [-0.2, 0) is 5.75 Å². The molecule has 0 bridgehead atoms. The van der Waals surface area contributed by atoms with Crippen molar-refractivity contribution in [3.8, 4) is 22.8 Å². The van der Waals surface area contributed by atoms with E-state index < -0.39 is 0 Å². The lowest BCUT2D eigenvalue weighted by Crippen LogP contribution is -1.82. The SMILES string of the molecule is Clc1ccc(-c2nc(CSc3ncc(-c4ccccc4)o3)co2)cc1. The smallest absolute Gasteiger partial charge is 0.256 e. The Bertz CT molecular complexity index is 965. The van der Waals surface area contributed by atoms with Gasteiger partial charge in [-0.05, 0) is 24.3 Å². The molecule has 2 aromatic heterocycles. The molecule has 6 heteroatoms. The van der Waals surface area contributed by atoms with Crippen LogP contribution in [0.5, 0.6) is 0 Å². The number of nitrogens with zero attached hydrogens (tertiary/aromatic N) is 2. The Hall–Kier alpha value is -2.50. The van der Waals surface area contributed by atoms with Gasteiger partial charge in [0.25, 0.3) is 5.22 Å². The topological polar surface area (TPSA) is 52.1 Å². The minimum absolute atomic E-state index is 0.574. The van der Waals surface area contributed by atoms with Gasteiger partial charge in [-0.3, -0.25) is 0 Å². The molecule has 4 rings (SSSR count). The molecule has 124 valence electrons. The molecule has 0 unspecified atom stereocenters. The summed E-state index contributed by atoms with van der Waals surface area (Å²) in [6.45, 7) is 0. The zero-order valence-corrected chi connectivity index (χ0v) is 14.6. The minimum Gasteiger partial charge on any atom is -0.444 e. The second-order valence-corrected chi connectivity index (χ2v) is 6.66. The van der Waals surface area contributed by atoms with Gasteiger partial charge in [0.2, 0.25) is 5.89 Å². The van der Waals surface area contributed by atoms with Crippen LogP contribution in [0.3, 0.4) is 0 Å². The van der Waals surface area contributed by atoms with Gasteiger partial charge >= 0.3 is 0 Å². The summed E-state index contributed by atoms with van der Waals surface area (Å²) >= 11 is 7.38. The molecule has 0 saturated carbocycles. The number of rotatable bonds is 5. The maximum Gasteiger partial charge on any atom is 0.256 e. The van der Waals surface area contributed by atoms with Crippen molar-refractivity contribution in [1.29, 1.82) is 0 Å². The molecule has 0 fully saturated rings. The lowest BCUT2D eigenvalue weighted by Gasteiger charge is -1.95. The van der Waals surface area contributed by atoms with Crippen LogP contribution in [0.2, 0.25) is 5.02 Å². The molecule has 0 atom stereocenters. The summed E-state index contributed by atoms with van der Waals surface area (Å²) in [5.41, 5.74) is 2.73. The number of hydrogen-bond acceptors (Lipinski definition) is 5. The highest BCUT2D eigenvalue weighted by Crippen LogP contribution is 2.28. The van der Waals surface area contributed by atoms with Crippen LogP contribution in [0.15, 0.2) is 81.1 Å². The number of oxazole rings is 2. The van der Waals surface area contributed by atoms with E-state index in [0.29, 0.717) is 21.9 Å². The molecule has 2 heterocycles. The molecule has 25 heavy (non-hydrogen) atoms. The molecule has 2 aromatic carbocycles. The van der Waals surface area contributed by atoms with Gasteiger partial charge in [-0.15, -0.1) is 0 Å². The first-order chi connectivity index (χ1) is 12.3. The van der Waals surface area contributed by atoms with Crippen LogP contribution < -0.4 is 0 Å². The van der Waals surface area contributed by atoms with Crippen molar-refractivity contribution in [2.75, 3.05) is 0 Å². The van der Waals surface area contributed by atoms with Gasteiger partial charge < -0.3 is 8.83 Å². The maximum absolute atomic E-state index is 5.90. The monoisotopic (exact) mass is 368 g/mol. The largest absolute Gasteiger partial charge is 0.444 e. The van der Waals surface area contributed by atoms with Crippen molar-refractivity contribution in [1.82, 2.24) is 9.97 Å². The standard InChI is InChI=1S/C19H13ClN2O2S/c20-15-8-6-14(7-9-15)18-22-16(11-23-18)12-25-19-21-10-17(24-19)13-4-2-1-3-5-13/h1-11H,12H2. The molecule has 0 radical (unpaired) electrons. The van der Waals surface area contributed by atoms with Crippen LogP contribution in [-0.4, -0.2) is 9.97 Å². The van der Waals surface area contributed by atoms with Crippen LogP contribution in [0.1, 0.15) is 5.69 Å². The Labute approximate surface area is 153 Å². The highest BCUT2D eigenvalue weighted by Gasteiger charge is 2.10. The number of halogens is 1. The van der Waals surface area contributed by atoms with Crippen molar-refractivity contribution >= 4 is 23.4 Å². The molecule has 0 aliphatic rings. The van der Waals surface area contributed by atoms with E-state index in [4.69, 9.17) is 20.4 Å². The minimum atomic E-state index is 0.574. The quantitative estimate of drug-likeness (QED) is 0.408. The van der Waals surface area contributed by atoms with Crippen LogP contribution in [0, 0.1) is 0 Å². The van der Waals surface area contributed by atoms with E-state index in [1.54, 1.807) is 12.5 Å². The van der Waals surface area contributed by atoms with Crippen molar-refractivity contribution < 1.29 is 8.83 Å². The van der Waals surface area contributed by atoms with Crippen molar-refractivity contribution in [2.24, 2.45) is 0 Å². The maximum atomic E-state index is 5.90. The van der Waals surface area contributed by atoms with E-state index in [0.717, 1.165) is 22.6 Å². The molecule has 4 aromatic rings. The van der Waals surface area contributed by atoms with Crippen LogP contribution in [0.25, 0.3) is 22.8 Å². The molecular weight excluding hydrogens is 356 g/mol. The predicted molar refractivity (Wildman–Crippen MR) is 98.4 cm³/mol. The zero-order valence-electron chi connectivity index (χ0n) is 13.1. The normalized spacial score (nSPS) is 10.9. The molecule has 4 nitrogen and oxygen atoms in total. The average Bonchev–Trinajstić information content (AvgIpc) is 3.31. The predicted octanol–water partition coefficient (Wildman–Crippen LogP) is 5.94. The molecule has 0 amide bonds. The number of thioether (sulfide) groups is 1. The fourth-order valence-electron chi connectivity index (χ4n) is 2.29. The van der Waals surface area contributed by atoms with Gasteiger partial charge in [0.15, 0.2) is 5.76 Å². The van der Waals surface area contributed by atoms with E-state index in [1.165, 1.54) is 11.8 Å². The van der Waals surface area contributed by atoms with Gasteiger partial charge in [-0.1, -0.05) is 53.7 Å². The molecule has 0 saturated heterocycles. The Morgan fingerprint density at radius 2 is 1.76 bits per heavy atom. The van der Waals surface area contributed by atoms with Crippen molar-refractivity contribution in [3.05, 3.63) is 77.8 Å². The van der Waals surface area contributed by atoms with Crippen molar-refractivity contribution in [3.63, 3.8) is 0 Å². The summed E-state index contributed by atoms with van der Waals surface area (Å²) in [4.78, 5) is 8.80. The third-order valence-electron chi connectivity index (χ3n) is 3.53. The van der Waals surface area contributed by atoms with Crippen molar-refractivity contribution in [2.45, 2.75) is 11.0 Å². The van der Waals surface area contributed by atoms with Gasteiger partial charge in [-0.25, -0.2) is 9.97 Å². The Kier molecular flexibility index (Phi) is 4.59.